The second-order valence-electron chi connectivity index (χ2n) is 7.32. The van der Waals surface area contributed by atoms with Crippen LogP contribution in [0, 0.1) is 5.41 Å². The molecule has 0 radical (unpaired) electrons. The van der Waals surface area contributed by atoms with Crippen molar-refractivity contribution in [3.63, 3.8) is 0 Å². The Bertz CT molecular complexity index is 1010. The van der Waals surface area contributed by atoms with E-state index >= 15 is 0 Å². The number of rotatable bonds is 3. The van der Waals surface area contributed by atoms with Crippen molar-refractivity contribution in [2.45, 2.75) is 13.8 Å². The van der Waals surface area contributed by atoms with Crippen LogP contribution >= 0.6 is 7.92 Å². The van der Waals surface area contributed by atoms with Crippen LogP contribution in [0.4, 0.5) is 0 Å². The molecule has 2 aliphatic heterocycles. The molecule has 2 atom stereocenters. The van der Waals surface area contributed by atoms with Crippen LogP contribution in [0.25, 0.3) is 16.2 Å². The quantitative estimate of drug-likeness (QED) is 0.456. The standard InChI is InChI=1S/C24H21OP/c1-17-22(19-12-7-4-8-13-19)26-16-24(17,2)21(18-10-5-3-6-11-18)23(26)20-14-9-15-25-20/h3-15H,16H2,1-2H3. The average Bonchev–Trinajstić information content (AvgIpc) is 3.36. The van der Waals surface area contributed by atoms with Crippen molar-refractivity contribution < 1.29 is 4.42 Å². The summed E-state index contributed by atoms with van der Waals surface area (Å²) < 4.78 is 5.92. The molecule has 0 amide bonds. The van der Waals surface area contributed by atoms with Crippen molar-refractivity contribution in [3.05, 3.63) is 102 Å². The minimum absolute atomic E-state index is 0.0837. The van der Waals surface area contributed by atoms with E-state index in [1.54, 1.807) is 11.6 Å². The van der Waals surface area contributed by atoms with Crippen molar-refractivity contribution >= 4 is 24.1 Å². The molecule has 5 rings (SSSR count). The summed E-state index contributed by atoms with van der Waals surface area (Å²) in [5, 5.41) is 2.98. The lowest BCUT2D eigenvalue weighted by atomic mass is 9.74. The van der Waals surface area contributed by atoms with Gasteiger partial charge in [0.05, 0.1) is 6.26 Å². The van der Waals surface area contributed by atoms with E-state index in [1.165, 1.54) is 33.7 Å². The Kier molecular flexibility index (Phi) is 3.55. The number of benzene rings is 2. The van der Waals surface area contributed by atoms with E-state index in [0.717, 1.165) is 5.76 Å². The van der Waals surface area contributed by atoms with Crippen LogP contribution < -0.4 is 0 Å². The highest BCUT2D eigenvalue weighted by Crippen LogP contribution is 2.80. The van der Waals surface area contributed by atoms with Gasteiger partial charge in [-0.05, 0) is 55.2 Å². The Morgan fingerprint density at radius 2 is 1.46 bits per heavy atom. The smallest absolute Gasteiger partial charge is 0.134 e. The number of fused-ring (bicyclic) bond motifs is 2. The Hall–Kier alpha value is -2.37. The molecule has 2 bridgehead atoms. The van der Waals surface area contributed by atoms with Crippen molar-refractivity contribution in [1.29, 1.82) is 0 Å². The summed E-state index contributed by atoms with van der Waals surface area (Å²) in [6.45, 7) is 4.76. The normalized spacial score (nSPS) is 24.6. The third-order valence-corrected chi connectivity index (χ3v) is 8.92. The van der Waals surface area contributed by atoms with Crippen LogP contribution in [0.5, 0.6) is 0 Å². The largest absolute Gasteiger partial charge is 0.464 e. The molecule has 0 fully saturated rings. The summed E-state index contributed by atoms with van der Waals surface area (Å²) in [5.74, 6) is 1.04. The number of allylic oxidation sites excluding steroid dienone is 2. The van der Waals surface area contributed by atoms with Crippen molar-refractivity contribution in [3.8, 4) is 0 Å². The van der Waals surface area contributed by atoms with Crippen molar-refractivity contribution in [2.24, 2.45) is 5.41 Å². The van der Waals surface area contributed by atoms with E-state index < -0.39 is 7.92 Å². The first-order chi connectivity index (χ1) is 12.7. The van der Waals surface area contributed by atoms with E-state index in [1.807, 2.05) is 6.07 Å². The fourth-order valence-corrected chi connectivity index (χ4v) is 8.25. The molecule has 128 valence electrons. The summed E-state index contributed by atoms with van der Waals surface area (Å²) >= 11 is 0. The fraction of sp³-hybridized carbons (Fsp3) is 0.167. The molecular weight excluding hydrogens is 335 g/mol. The molecule has 1 nitrogen and oxygen atoms in total. The summed E-state index contributed by atoms with van der Waals surface area (Å²) in [6.07, 6.45) is 2.99. The van der Waals surface area contributed by atoms with Gasteiger partial charge in [-0.15, -0.1) is 0 Å². The molecule has 26 heavy (non-hydrogen) atoms. The molecule has 2 unspecified atom stereocenters. The molecule has 3 aromatic rings. The highest BCUT2D eigenvalue weighted by Gasteiger charge is 2.52. The van der Waals surface area contributed by atoms with E-state index in [0.29, 0.717) is 0 Å². The van der Waals surface area contributed by atoms with Crippen LogP contribution in [0.1, 0.15) is 30.7 Å². The van der Waals surface area contributed by atoms with Gasteiger partial charge in [0.1, 0.15) is 5.76 Å². The van der Waals surface area contributed by atoms with Crippen LogP contribution in [0.15, 0.2) is 89.0 Å². The van der Waals surface area contributed by atoms with Gasteiger partial charge >= 0.3 is 0 Å². The van der Waals surface area contributed by atoms with Gasteiger partial charge in [-0.2, -0.15) is 0 Å². The first-order valence-corrected chi connectivity index (χ1v) is 10.6. The third-order valence-electron chi connectivity index (χ3n) is 5.85. The second kappa shape index (κ2) is 5.83. The Morgan fingerprint density at radius 3 is 2.08 bits per heavy atom. The Morgan fingerprint density at radius 1 is 0.808 bits per heavy atom. The molecule has 1 aromatic heterocycles. The topological polar surface area (TPSA) is 13.1 Å². The van der Waals surface area contributed by atoms with Crippen LogP contribution in [-0.2, 0) is 0 Å². The average molecular weight is 356 g/mol. The molecule has 0 spiro atoms. The molecular formula is C24H21OP. The molecule has 0 saturated carbocycles. The van der Waals surface area contributed by atoms with Gasteiger partial charge in [0.15, 0.2) is 0 Å². The molecule has 2 aliphatic rings. The number of hydrogen-bond donors (Lipinski definition) is 0. The molecule has 3 heterocycles. The molecule has 2 heteroatoms. The zero-order valence-electron chi connectivity index (χ0n) is 15.1. The van der Waals surface area contributed by atoms with E-state index in [4.69, 9.17) is 4.42 Å². The maximum atomic E-state index is 5.92. The van der Waals surface area contributed by atoms with E-state index in [2.05, 4.69) is 80.6 Å². The lowest BCUT2D eigenvalue weighted by Crippen LogP contribution is -2.18. The summed E-state index contributed by atoms with van der Waals surface area (Å²) in [6, 6.07) is 25.9. The highest BCUT2D eigenvalue weighted by atomic mass is 31.1. The summed E-state index contributed by atoms with van der Waals surface area (Å²) in [4.78, 5) is 0. The fourth-order valence-electron chi connectivity index (χ4n) is 4.53. The van der Waals surface area contributed by atoms with Gasteiger partial charge < -0.3 is 4.42 Å². The summed E-state index contributed by atoms with van der Waals surface area (Å²) in [7, 11) is -0.408. The SMILES string of the molecule is CC1=C(c2ccccc2)P2CC1(C)C(c1ccccc1)=C2c1ccco1. The zero-order chi connectivity index (χ0) is 17.7. The monoisotopic (exact) mass is 356 g/mol. The van der Waals surface area contributed by atoms with Gasteiger partial charge in [0, 0.05) is 10.7 Å². The predicted molar refractivity (Wildman–Crippen MR) is 111 cm³/mol. The van der Waals surface area contributed by atoms with Crippen molar-refractivity contribution in [2.75, 3.05) is 6.16 Å². The second-order valence-corrected chi connectivity index (χ2v) is 9.39. The number of furan rings is 1. The lowest BCUT2D eigenvalue weighted by Gasteiger charge is -2.30. The van der Waals surface area contributed by atoms with Gasteiger partial charge in [0.2, 0.25) is 0 Å². The summed E-state index contributed by atoms with van der Waals surface area (Å²) in [5.41, 5.74) is 5.79. The number of hydrogen-bond acceptors (Lipinski definition) is 1. The Labute approximate surface area is 155 Å². The van der Waals surface area contributed by atoms with Gasteiger partial charge in [0.25, 0.3) is 0 Å². The minimum Gasteiger partial charge on any atom is -0.464 e. The maximum Gasteiger partial charge on any atom is 0.134 e. The maximum absolute atomic E-state index is 5.92. The zero-order valence-corrected chi connectivity index (χ0v) is 16.0. The van der Waals surface area contributed by atoms with E-state index in [9.17, 15) is 0 Å². The van der Waals surface area contributed by atoms with E-state index in [-0.39, 0.29) is 5.41 Å². The first-order valence-electron chi connectivity index (χ1n) is 9.08. The van der Waals surface area contributed by atoms with Gasteiger partial charge in [-0.1, -0.05) is 73.2 Å². The van der Waals surface area contributed by atoms with Crippen LogP contribution in [0.2, 0.25) is 0 Å². The first kappa shape index (κ1) is 15.9. The van der Waals surface area contributed by atoms with Crippen molar-refractivity contribution in [1.82, 2.24) is 0 Å². The molecule has 0 aliphatic carbocycles. The third kappa shape index (κ3) is 2.14. The molecule has 0 saturated heterocycles. The predicted octanol–water partition coefficient (Wildman–Crippen LogP) is 7.09. The highest BCUT2D eigenvalue weighted by molar-refractivity contribution is 7.79. The molecule has 2 aromatic carbocycles. The lowest BCUT2D eigenvalue weighted by molar-refractivity contribution is 0.555. The Balaban J connectivity index is 1.77. The van der Waals surface area contributed by atoms with Gasteiger partial charge in [-0.25, -0.2) is 0 Å². The van der Waals surface area contributed by atoms with Crippen LogP contribution in [0.3, 0.4) is 0 Å². The van der Waals surface area contributed by atoms with Crippen LogP contribution in [-0.4, -0.2) is 6.16 Å². The molecule has 0 N–H and O–H groups in total. The van der Waals surface area contributed by atoms with Gasteiger partial charge in [-0.3, -0.25) is 0 Å². The minimum atomic E-state index is -0.408.